The van der Waals surface area contributed by atoms with E-state index in [2.05, 4.69) is 0 Å². The molecular formula is C3H5IO2. The van der Waals surface area contributed by atoms with Gasteiger partial charge in [-0.15, -0.1) is 0 Å². The summed E-state index contributed by atoms with van der Waals surface area (Å²) in [5.41, 5.74) is 0. The lowest BCUT2D eigenvalue weighted by atomic mass is 10.5. The summed E-state index contributed by atoms with van der Waals surface area (Å²) in [6.07, 6.45) is 0. The Labute approximate surface area is 49.7 Å². The van der Waals surface area contributed by atoms with Crippen LogP contribution in [0.5, 0.6) is 0 Å². The molecule has 1 atom stereocenters. The molecular weight excluding hydrogens is 195 g/mol. The third-order valence-electron chi connectivity index (χ3n) is 0.335. The van der Waals surface area contributed by atoms with Gasteiger partial charge in [-0.2, -0.15) is 0 Å². The number of rotatable bonds is 1. The molecule has 0 aromatic rings. The molecule has 0 aliphatic carbocycles. The number of carbonyl (C=O) groups excluding carboxylic acids is 1. The van der Waals surface area contributed by atoms with Crippen molar-refractivity contribution in [3.05, 3.63) is 0 Å². The van der Waals surface area contributed by atoms with Crippen LogP contribution in [0, 0.1) is 0 Å². The molecule has 0 bridgehead atoms. The SMILES string of the molecule is CC(=O)C(O)I. The quantitative estimate of drug-likeness (QED) is 0.489. The second-order valence-corrected chi connectivity index (χ2v) is 2.13. The van der Waals surface area contributed by atoms with Crippen molar-refractivity contribution in [2.45, 2.75) is 11.0 Å². The Morgan fingerprint density at radius 3 is 2.17 bits per heavy atom. The van der Waals surface area contributed by atoms with E-state index in [0.717, 1.165) is 0 Å². The average Bonchev–Trinajstić information content (AvgIpc) is 1.36. The maximum absolute atomic E-state index is 9.89. The summed E-state index contributed by atoms with van der Waals surface area (Å²) in [5, 5.41) is 8.27. The highest BCUT2D eigenvalue weighted by atomic mass is 127. The maximum Gasteiger partial charge on any atom is 0.168 e. The fourth-order valence-electron chi connectivity index (χ4n) is 0. The van der Waals surface area contributed by atoms with Crippen molar-refractivity contribution < 1.29 is 9.90 Å². The largest absolute Gasteiger partial charge is 0.375 e. The zero-order valence-corrected chi connectivity index (χ0v) is 5.47. The molecule has 1 unspecified atom stereocenters. The van der Waals surface area contributed by atoms with Gasteiger partial charge in [-0.1, -0.05) is 0 Å². The molecule has 0 aliphatic rings. The number of ketones is 1. The molecule has 3 heteroatoms. The van der Waals surface area contributed by atoms with Crippen LogP contribution < -0.4 is 0 Å². The highest BCUT2D eigenvalue weighted by Crippen LogP contribution is 1.93. The predicted molar refractivity (Wildman–Crippen MR) is 30.7 cm³/mol. The van der Waals surface area contributed by atoms with Crippen molar-refractivity contribution >= 4 is 28.4 Å². The molecule has 0 radical (unpaired) electrons. The third kappa shape index (κ3) is 2.59. The molecule has 0 amide bonds. The summed E-state index contributed by atoms with van der Waals surface area (Å²) in [6.45, 7) is 1.34. The second-order valence-electron chi connectivity index (χ2n) is 0.946. The van der Waals surface area contributed by atoms with Crippen molar-refractivity contribution in [2.24, 2.45) is 0 Å². The molecule has 0 aromatic carbocycles. The monoisotopic (exact) mass is 200 g/mol. The van der Waals surface area contributed by atoms with E-state index >= 15 is 0 Å². The van der Waals surface area contributed by atoms with Crippen molar-refractivity contribution in [3.63, 3.8) is 0 Å². The van der Waals surface area contributed by atoms with E-state index in [0.29, 0.717) is 0 Å². The van der Waals surface area contributed by atoms with Crippen LogP contribution in [0.2, 0.25) is 0 Å². The summed E-state index contributed by atoms with van der Waals surface area (Å²) in [5.74, 6) is -0.199. The molecule has 0 saturated heterocycles. The number of halogens is 1. The van der Waals surface area contributed by atoms with E-state index in [1.54, 1.807) is 22.6 Å². The van der Waals surface area contributed by atoms with E-state index in [9.17, 15) is 4.79 Å². The Bertz CT molecular complexity index is 59.8. The van der Waals surface area contributed by atoms with Crippen molar-refractivity contribution in [2.75, 3.05) is 0 Å². The molecule has 0 aromatic heterocycles. The number of Topliss-reactive ketones (excluding diaryl/α,β-unsaturated/α-hetero) is 1. The molecule has 0 aliphatic heterocycles. The molecule has 0 heterocycles. The van der Waals surface area contributed by atoms with Gasteiger partial charge in [-0.3, -0.25) is 4.79 Å². The Hall–Kier alpha value is 0.360. The molecule has 2 nitrogen and oxygen atoms in total. The van der Waals surface area contributed by atoms with Crippen molar-refractivity contribution in [1.82, 2.24) is 0 Å². The molecule has 1 N–H and O–H groups in total. The van der Waals surface area contributed by atoms with E-state index in [1.807, 2.05) is 0 Å². The minimum atomic E-state index is -0.817. The topological polar surface area (TPSA) is 37.3 Å². The lowest BCUT2D eigenvalue weighted by molar-refractivity contribution is -0.120. The maximum atomic E-state index is 9.89. The summed E-state index contributed by atoms with van der Waals surface area (Å²) in [4.78, 5) is 9.89. The zero-order valence-electron chi connectivity index (χ0n) is 3.31. The van der Waals surface area contributed by atoms with Gasteiger partial charge in [0, 0.05) is 0 Å². The standard InChI is InChI=1S/C3H5IO2/c1-2(5)3(4)6/h3,6H,1H3. The average molecular weight is 200 g/mol. The first-order chi connectivity index (χ1) is 2.64. The molecule has 36 valence electrons. The fourth-order valence-corrected chi connectivity index (χ4v) is 0. The Kier molecular flexibility index (Phi) is 2.67. The van der Waals surface area contributed by atoms with E-state index in [-0.39, 0.29) is 5.78 Å². The third-order valence-corrected chi connectivity index (χ3v) is 1.21. The van der Waals surface area contributed by atoms with Crippen molar-refractivity contribution in [1.29, 1.82) is 0 Å². The van der Waals surface area contributed by atoms with Gasteiger partial charge in [0.2, 0.25) is 0 Å². The summed E-state index contributed by atoms with van der Waals surface area (Å²) in [7, 11) is 0. The summed E-state index contributed by atoms with van der Waals surface area (Å²) < 4.78 is -0.817. The summed E-state index contributed by atoms with van der Waals surface area (Å²) >= 11 is 1.64. The first-order valence-corrected chi connectivity index (χ1v) is 2.71. The van der Waals surface area contributed by atoms with Crippen LogP contribution in [-0.2, 0) is 4.79 Å². The highest BCUT2D eigenvalue weighted by Gasteiger charge is 1.99. The van der Waals surface area contributed by atoms with Crippen molar-refractivity contribution in [3.8, 4) is 0 Å². The number of hydrogen-bond acceptors (Lipinski definition) is 2. The first kappa shape index (κ1) is 6.36. The Morgan fingerprint density at radius 2 is 2.17 bits per heavy atom. The fraction of sp³-hybridized carbons (Fsp3) is 0.667. The van der Waals surface area contributed by atoms with Gasteiger partial charge >= 0.3 is 0 Å². The molecule has 0 saturated carbocycles. The van der Waals surface area contributed by atoms with Gasteiger partial charge in [0.05, 0.1) is 0 Å². The van der Waals surface area contributed by atoms with Gasteiger partial charge in [0.15, 0.2) is 9.89 Å². The van der Waals surface area contributed by atoms with Crippen LogP contribution in [0.15, 0.2) is 0 Å². The van der Waals surface area contributed by atoms with Gasteiger partial charge < -0.3 is 5.11 Å². The molecule has 6 heavy (non-hydrogen) atoms. The Balaban J connectivity index is 3.26. The molecule has 0 spiro atoms. The minimum absolute atomic E-state index is 0.199. The van der Waals surface area contributed by atoms with E-state index in [1.165, 1.54) is 6.92 Å². The first-order valence-electron chi connectivity index (χ1n) is 1.47. The van der Waals surface area contributed by atoms with E-state index < -0.39 is 4.11 Å². The van der Waals surface area contributed by atoms with Crippen LogP contribution in [0.4, 0.5) is 0 Å². The number of aliphatic hydroxyl groups excluding tert-OH is 1. The van der Waals surface area contributed by atoms with Crippen LogP contribution >= 0.6 is 22.6 Å². The lowest BCUT2D eigenvalue weighted by Gasteiger charge is -1.88. The highest BCUT2D eigenvalue weighted by molar-refractivity contribution is 14.1. The van der Waals surface area contributed by atoms with Gasteiger partial charge in [-0.05, 0) is 29.5 Å². The Morgan fingerprint density at radius 1 is 2.00 bits per heavy atom. The smallest absolute Gasteiger partial charge is 0.168 e. The van der Waals surface area contributed by atoms with Gasteiger partial charge in [0.25, 0.3) is 0 Å². The normalized spacial score (nSPS) is 13.8. The second kappa shape index (κ2) is 2.52. The number of hydrogen-bond donors (Lipinski definition) is 1. The van der Waals surface area contributed by atoms with Crippen LogP contribution in [0.25, 0.3) is 0 Å². The van der Waals surface area contributed by atoms with Crippen LogP contribution in [0.3, 0.4) is 0 Å². The number of alkyl halides is 1. The lowest BCUT2D eigenvalue weighted by Crippen LogP contribution is -2.05. The van der Waals surface area contributed by atoms with Gasteiger partial charge in [0.1, 0.15) is 0 Å². The summed E-state index contributed by atoms with van der Waals surface area (Å²) in [6, 6.07) is 0. The van der Waals surface area contributed by atoms with Crippen LogP contribution in [-0.4, -0.2) is 15.0 Å². The number of carbonyl (C=O) groups is 1. The number of aliphatic hydroxyl groups is 1. The predicted octanol–water partition coefficient (Wildman–Crippen LogP) is 0.329. The zero-order chi connectivity index (χ0) is 5.15. The minimum Gasteiger partial charge on any atom is -0.375 e. The molecule has 0 rings (SSSR count). The van der Waals surface area contributed by atoms with Gasteiger partial charge in [-0.25, -0.2) is 0 Å². The van der Waals surface area contributed by atoms with E-state index in [4.69, 9.17) is 5.11 Å². The van der Waals surface area contributed by atoms with Crippen LogP contribution in [0.1, 0.15) is 6.92 Å². The molecule has 0 fully saturated rings.